The minimum absolute atomic E-state index is 0.207. The van der Waals surface area contributed by atoms with Crippen LogP contribution in [0.4, 0.5) is 4.39 Å². The molecule has 1 aromatic carbocycles. The topological polar surface area (TPSA) is 38.8 Å². The first-order valence-electron chi connectivity index (χ1n) is 5.95. The second kappa shape index (κ2) is 6.02. The highest BCUT2D eigenvalue weighted by Crippen LogP contribution is 2.21. The summed E-state index contributed by atoms with van der Waals surface area (Å²) in [6.45, 7) is 3.96. The molecular formula is C14H20FNO3. The van der Waals surface area contributed by atoms with Crippen molar-refractivity contribution in [1.29, 1.82) is 0 Å². The molecule has 0 unspecified atom stereocenters. The van der Waals surface area contributed by atoms with Crippen LogP contribution in [0, 0.1) is 5.82 Å². The normalized spacial score (nSPS) is 11.5. The van der Waals surface area contributed by atoms with Crippen molar-refractivity contribution in [3.8, 4) is 5.75 Å². The van der Waals surface area contributed by atoms with Gasteiger partial charge in [-0.25, -0.2) is 4.39 Å². The second-order valence-corrected chi connectivity index (χ2v) is 4.88. The van der Waals surface area contributed by atoms with Crippen molar-refractivity contribution in [3.63, 3.8) is 0 Å². The van der Waals surface area contributed by atoms with Gasteiger partial charge in [-0.2, -0.15) is 0 Å². The molecule has 0 amide bonds. The van der Waals surface area contributed by atoms with Gasteiger partial charge >= 0.3 is 5.97 Å². The highest BCUT2D eigenvalue weighted by atomic mass is 19.1. The molecule has 1 rings (SSSR count). The fraction of sp³-hybridized carbons (Fsp3) is 0.500. The zero-order valence-corrected chi connectivity index (χ0v) is 12.0. The summed E-state index contributed by atoms with van der Waals surface area (Å²) in [5, 5.41) is 0. The van der Waals surface area contributed by atoms with Crippen molar-refractivity contribution in [2.75, 3.05) is 21.3 Å². The molecule has 0 saturated heterocycles. The van der Waals surface area contributed by atoms with Crippen LogP contribution >= 0.6 is 0 Å². The van der Waals surface area contributed by atoms with Gasteiger partial charge < -0.3 is 9.47 Å². The van der Waals surface area contributed by atoms with Crippen LogP contribution in [0.5, 0.6) is 5.75 Å². The van der Waals surface area contributed by atoms with Crippen LogP contribution in [0.25, 0.3) is 0 Å². The molecule has 0 aliphatic carbocycles. The maximum absolute atomic E-state index is 13.6. The molecule has 0 aromatic heterocycles. The predicted molar refractivity (Wildman–Crippen MR) is 70.5 cm³/mol. The molecule has 0 heterocycles. The molecule has 0 radical (unpaired) electrons. The highest BCUT2D eigenvalue weighted by molar-refractivity contribution is 5.79. The Balaban J connectivity index is 2.85. The molecule has 106 valence electrons. The maximum Gasteiger partial charge on any atom is 0.325 e. The molecule has 0 spiro atoms. The largest absolute Gasteiger partial charge is 0.494 e. The first kappa shape index (κ1) is 15.4. The van der Waals surface area contributed by atoms with Gasteiger partial charge in [-0.1, -0.05) is 6.07 Å². The zero-order valence-electron chi connectivity index (χ0n) is 12.0. The summed E-state index contributed by atoms with van der Waals surface area (Å²) in [4.78, 5) is 13.5. The molecule has 0 aliphatic heterocycles. The van der Waals surface area contributed by atoms with E-state index in [1.165, 1.54) is 20.3 Å². The van der Waals surface area contributed by atoms with Crippen LogP contribution in [0.2, 0.25) is 0 Å². The Bertz CT molecular complexity index is 460. The van der Waals surface area contributed by atoms with E-state index in [2.05, 4.69) is 0 Å². The third-order valence-electron chi connectivity index (χ3n) is 3.28. The molecule has 19 heavy (non-hydrogen) atoms. The number of nitrogens with zero attached hydrogens (tertiary/aromatic N) is 1. The van der Waals surface area contributed by atoms with E-state index >= 15 is 0 Å². The lowest BCUT2D eigenvalue weighted by atomic mass is 10.0. The zero-order chi connectivity index (χ0) is 14.6. The average Bonchev–Trinajstić information content (AvgIpc) is 2.37. The summed E-state index contributed by atoms with van der Waals surface area (Å²) in [7, 11) is 4.56. The number of carbonyl (C=O) groups excluding carboxylic acids is 1. The Labute approximate surface area is 113 Å². The lowest BCUT2D eigenvalue weighted by Crippen LogP contribution is -2.48. The number of methoxy groups -OCH3 is 2. The average molecular weight is 269 g/mol. The number of halogens is 1. The van der Waals surface area contributed by atoms with Crippen LogP contribution in [0.3, 0.4) is 0 Å². The molecule has 5 heteroatoms. The lowest BCUT2D eigenvalue weighted by Gasteiger charge is -2.32. The summed E-state index contributed by atoms with van der Waals surface area (Å²) in [5.41, 5.74) is -0.0108. The molecule has 0 aliphatic rings. The van der Waals surface area contributed by atoms with Gasteiger partial charge in [0.1, 0.15) is 5.54 Å². The lowest BCUT2D eigenvalue weighted by molar-refractivity contribution is -0.152. The van der Waals surface area contributed by atoms with Crippen LogP contribution < -0.4 is 4.74 Å². The van der Waals surface area contributed by atoms with E-state index in [9.17, 15) is 9.18 Å². The molecule has 0 bridgehead atoms. The van der Waals surface area contributed by atoms with Gasteiger partial charge in [0.05, 0.1) is 14.2 Å². The van der Waals surface area contributed by atoms with Crippen LogP contribution in [-0.4, -0.2) is 37.7 Å². The van der Waals surface area contributed by atoms with E-state index in [0.29, 0.717) is 6.54 Å². The molecule has 0 fully saturated rings. The number of likely N-dealkylation sites (N-methyl/N-ethyl adjacent to an activating group) is 1. The van der Waals surface area contributed by atoms with Crippen LogP contribution in [0.15, 0.2) is 18.2 Å². The standard InChI is InChI=1S/C14H20FNO3/c1-14(2,13(17)19-5)16(3)9-10-6-7-12(18-4)11(15)8-10/h6-8H,9H2,1-5H3. The van der Waals surface area contributed by atoms with E-state index in [-0.39, 0.29) is 11.7 Å². The van der Waals surface area contributed by atoms with Crippen LogP contribution in [-0.2, 0) is 16.1 Å². The SMILES string of the molecule is COC(=O)C(C)(C)N(C)Cc1ccc(OC)c(F)c1. The summed E-state index contributed by atoms with van der Waals surface area (Å²) < 4.78 is 23.2. The first-order valence-corrected chi connectivity index (χ1v) is 5.95. The Morgan fingerprint density at radius 1 is 1.37 bits per heavy atom. The van der Waals surface area contributed by atoms with Gasteiger partial charge in [0.15, 0.2) is 11.6 Å². The van der Waals surface area contributed by atoms with Crippen LogP contribution in [0.1, 0.15) is 19.4 Å². The molecule has 1 aromatic rings. The van der Waals surface area contributed by atoms with Crippen molar-refractivity contribution < 1.29 is 18.7 Å². The highest BCUT2D eigenvalue weighted by Gasteiger charge is 2.33. The van der Waals surface area contributed by atoms with Gasteiger partial charge in [-0.3, -0.25) is 9.69 Å². The van der Waals surface area contributed by atoms with Crippen molar-refractivity contribution in [2.24, 2.45) is 0 Å². The van der Waals surface area contributed by atoms with Crippen molar-refractivity contribution in [1.82, 2.24) is 4.90 Å². The minimum Gasteiger partial charge on any atom is -0.494 e. The summed E-state index contributed by atoms with van der Waals surface area (Å²) in [5.74, 6) is -0.535. The molecule has 0 saturated carbocycles. The predicted octanol–water partition coefficient (Wildman–Crippen LogP) is 2.22. The Hall–Kier alpha value is -1.62. The number of rotatable bonds is 5. The number of carbonyl (C=O) groups is 1. The monoisotopic (exact) mass is 269 g/mol. The van der Waals surface area contributed by atoms with E-state index in [4.69, 9.17) is 9.47 Å². The first-order chi connectivity index (χ1) is 8.82. The molecular weight excluding hydrogens is 249 g/mol. The van der Waals surface area contributed by atoms with E-state index in [1.54, 1.807) is 37.9 Å². The number of benzene rings is 1. The number of hydrogen-bond acceptors (Lipinski definition) is 4. The Kier molecular flexibility index (Phi) is 4.89. The molecule has 0 atom stereocenters. The van der Waals surface area contributed by atoms with Gasteiger partial charge in [0.25, 0.3) is 0 Å². The third kappa shape index (κ3) is 3.44. The second-order valence-electron chi connectivity index (χ2n) is 4.88. The number of ether oxygens (including phenoxy) is 2. The number of hydrogen-bond donors (Lipinski definition) is 0. The van der Waals surface area contributed by atoms with E-state index < -0.39 is 11.4 Å². The number of esters is 1. The quantitative estimate of drug-likeness (QED) is 0.768. The van der Waals surface area contributed by atoms with Crippen molar-refractivity contribution in [3.05, 3.63) is 29.6 Å². The van der Waals surface area contributed by atoms with E-state index in [1.807, 2.05) is 0 Å². The van der Waals surface area contributed by atoms with Gasteiger partial charge in [0, 0.05) is 6.54 Å². The molecule has 4 nitrogen and oxygen atoms in total. The van der Waals surface area contributed by atoms with Crippen molar-refractivity contribution >= 4 is 5.97 Å². The fourth-order valence-electron chi connectivity index (χ4n) is 1.69. The van der Waals surface area contributed by atoms with Gasteiger partial charge in [-0.15, -0.1) is 0 Å². The molecule has 0 N–H and O–H groups in total. The Morgan fingerprint density at radius 3 is 2.47 bits per heavy atom. The van der Waals surface area contributed by atoms with E-state index in [0.717, 1.165) is 5.56 Å². The van der Waals surface area contributed by atoms with Crippen molar-refractivity contribution in [2.45, 2.75) is 25.9 Å². The third-order valence-corrected chi connectivity index (χ3v) is 3.28. The minimum atomic E-state index is -0.773. The fourth-order valence-corrected chi connectivity index (χ4v) is 1.69. The smallest absolute Gasteiger partial charge is 0.325 e. The summed E-state index contributed by atoms with van der Waals surface area (Å²) in [6.07, 6.45) is 0. The maximum atomic E-state index is 13.6. The summed E-state index contributed by atoms with van der Waals surface area (Å²) >= 11 is 0. The van der Waals surface area contributed by atoms with Gasteiger partial charge in [0.2, 0.25) is 0 Å². The summed E-state index contributed by atoms with van der Waals surface area (Å²) in [6, 6.07) is 4.75. The van der Waals surface area contributed by atoms with Gasteiger partial charge in [-0.05, 0) is 38.6 Å². The Morgan fingerprint density at radius 2 is 2.00 bits per heavy atom.